The molecule has 0 atom stereocenters. The van der Waals surface area contributed by atoms with Gasteiger partial charge in [-0.05, 0) is 48.0 Å². The molecule has 0 saturated heterocycles. The zero-order valence-electron chi connectivity index (χ0n) is 18.7. The fourth-order valence-electron chi connectivity index (χ4n) is 4.11. The molecule has 0 aliphatic heterocycles. The number of sulfone groups is 1. The van der Waals surface area contributed by atoms with Gasteiger partial charge in [-0.25, -0.2) is 12.8 Å². The molecule has 0 aliphatic carbocycles. The maximum absolute atomic E-state index is 15.2. The highest BCUT2D eigenvalue weighted by Gasteiger charge is 2.23. The number of hydrogen-bond donors (Lipinski definition) is 1. The maximum atomic E-state index is 15.2. The Morgan fingerprint density at radius 2 is 1.58 bits per heavy atom. The van der Waals surface area contributed by atoms with Crippen LogP contribution < -0.4 is 0 Å². The fourth-order valence-corrected chi connectivity index (χ4v) is 5.37. The number of nitriles is 1. The van der Waals surface area contributed by atoms with Gasteiger partial charge in [-0.3, -0.25) is 0 Å². The monoisotopic (exact) mass is 512 g/mol. The number of hydrogen-bond acceptors (Lipinski definition) is 3. The highest BCUT2D eigenvalue weighted by molar-refractivity contribution is 7.95. The van der Waals surface area contributed by atoms with Crippen molar-refractivity contribution in [1.29, 1.82) is 5.26 Å². The first-order valence-electron chi connectivity index (χ1n) is 11.0. The molecule has 0 saturated carbocycles. The van der Waals surface area contributed by atoms with Crippen LogP contribution in [0.25, 0.3) is 39.4 Å². The number of benzene rings is 4. The summed E-state index contributed by atoms with van der Waals surface area (Å²) < 4.78 is 41.7. The Balaban J connectivity index is 1.68. The molecule has 4 nitrogen and oxygen atoms in total. The second kappa shape index (κ2) is 9.46. The number of nitrogens with one attached hydrogen (secondary N) is 1. The SMILES string of the molecule is N#C/C(=C/c1c(-c2ccc(-c3ccccc3)c(F)c2)[nH]c2ccccc12)S(=O)(=O)c1ccc(Cl)cc1. The summed E-state index contributed by atoms with van der Waals surface area (Å²) in [5, 5.41) is 10.9. The van der Waals surface area contributed by atoms with E-state index >= 15 is 4.39 Å². The lowest BCUT2D eigenvalue weighted by atomic mass is 10.00. The Bertz CT molecular complexity index is 1770. The molecule has 0 aliphatic rings. The van der Waals surface area contributed by atoms with Gasteiger partial charge in [-0.15, -0.1) is 0 Å². The van der Waals surface area contributed by atoms with Crippen LogP contribution in [0.4, 0.5) is 4.39 Å². The van der Waals surface area contributed by atoms with Gasteiger partial charge in [-0.1, -0.05) is 72.3 Å². The van der Waals surface area contributed by atoms with Crippen LogP contribution in [-0.2, 0) is 9.84 Å². The summed E-state index contributed by atoms with van der Waals surface area (Å²) in [6, 6.07) is 28.8. The number of aromatic nitrogens is 1. The first-order valence-corrected chi connectivity index (χ1v) is 12.8. The summed E-state index contributed by atoms with van der Waals surface area (Å²) in [6.45, 7) is 0. The molecule has 0 amide bonds. The lowest BCUT2D eigenvalue weighted by Crippen LogP contribution is -2.03. The standard InChI is InChI=1S/C29H18ClFN2O2S/c30-21-11-13-22(14-12-21)36(34,35)23(18-32)17-26-25-8-4-5-9-28(25)33-29(26)20-10-15-24(27(31)16-20)19-6-2-1-3-7-19/h1-17,33H/b23-17-. The van der Waals surface area contributed by atoms with Gasteiger partial charge < -0.3 is 4.98 Å². The number of fused-ring (bicyclic) bond motifs is 1. The zero-order chi connectivity index (χ0) is 25.3. The van der Waals surface area contributed by atoms with Crippen LogP contribution in [0.1, 0.15) is 5.56 Å². The van der Waals surface area contributed by atoms with Gasteiger partial charge >= 0.3 is 0 Å². The maximum Gasteiger partial charge on any atom is 0.216 e. The molecule has 0 fully saturated rings. The number of rotatable bonds is 5. The van der Waals surface area contributed by atoms with Crippen LogP contribution >= 0.6 is 11.6 Å². The van der Waals surface area contributed by atoms with Crippen molar-refractivity contribution in [2.24, 2.45) is 0 Å². The van der Waals surface area contributed by atoms with Gasteiger partial charge in [0.25, 0.3) is 0 Å². The Kier molecular flexibility index (Phi) is 6.19. The minimum Gasteiger partial charge on any atom is -0.354 e. The van der Waals surface area contributed by atoms with Crippen LogP contribution in [0, 0.1) is 17.1 Å². The van der Waals surface area contributed by atoms with E-state index in [-0.39, 0.29) is 4.90 Å². The fraction of sp³-hybridized carbons (Fsp3) is 0. The van der Waals surface area contributed by atoms with Crippen molar-refractivity contribution in [3.05, 3.63) is 118 Å². The van der Waals surface area contributed by atoms with E-state index in [0.29, 0.717) is 32.8 Å². The lowest BCUT2D eigenvalue weighted by Gasteiger charge is -2.08. The minimum absolute atomic E-state index is 0.0423. The van der Waals surface area contributed by atoms with E-state index in [1.165, 1.54) is 36.4 Å². The van der Waals surface area contributed by atoms with Crippen LogP contribution in [0.2, 0.25) is 5.02 Å². The van der Waals surface area contributed by atoms with Crippen LogP contribution in [0.3, 0.4) is 0 Å². The summed E-state index contributed by atoms with van der Waals surface area (Å²) >= 11 is 5.90. The molecular weight excluding hydrogens is 495 g/mol. The molecule has 5 aromatic rings. The Hall–Kier alpha value is -4.18. The van der Waals surface area contributed by atoms with Gasteiger partial charge in [0.1, 0.15) is 16.8 Å². The second-order valence-electron chi connectivity index (χ2n) is 8.10. The number of halogens is 2. The average Bonchev–Trinajstić information content (AvgIpc) is 3.26. The largest absolute Gasteiger partial charge is 0.354 e. The topological polar surface area (TPSA) is 73.7 Å². The van der Waals surface area contributed by atoms with Gasteiger partial charge in [-0.2, -0.15) is 5.26 Å². The molecule has 0 spiro atoms. The van der Waals surface area contributed by atoms with E-state index in [1.807, 2.05) is 60.7 Å². The normalized spacial score (nSPS) is 12.0. The molecular formula is C29H18ClFN2O2S. The van der Waals surface area contributed by atoms with E-state index in [2.05, 4.69) is 4.98 Å². The molecule has 0 unspecified atom stereocenters. The van der Waals surface area contributed by atoms with Crippen molar-refractivity contribution in [3.8, 4) is 28.5 Å². The second-order valence-corrected chi connectivity index (χ2v) is 10.5. The molecule has 1 aromatic heterocycles. The van der Waals surface area contributed by atoms with E-state index in [0.717, 1.165) is 11.1 Å². The number of allylic oxidation sites excluding steroid dienone is 1. The van der Waals surface area contributed by atoms with Crippen molar-refractivity contribution in [1.82, 2.24) is 4.98 Å². The average molecular weight is 513 g/mol. The van der Waals surface area contributed by atoms with Gasteiger partial charge in [0.2, 0.25) is 9.84 Å². The third kappa shape index (κ3) is 4.31. The summed E-state index contributed by atoms with van der Waals surface area (Å²) in [6.07, 6.45) is 1.33. The minimum atomic E-state index is -4.11. The van der Waals surface area contributed by atoms with Crippen molar-refractivity contribution in [2.45, 2.75) is 4.90 Å². The molecule has 4 aromatic carbocycles. The molecule has 36 heavy (non-hydrogen) atoms. The Labute approximate surface area is 212 Å². The number of H-pyrrole nitrogens is 1. The molecule has 0 radical (unpaired) electrons. The predicted molar refractivity (Wildman–Crippen MR) is 141 cm³/mol. The van der Waals surface area contributed by atoms with E-state index < -0.39 is 20.6 Å². The van der Waals surface area contributed by atoms with Gasteiger partial charge in [0.15, 0.2) is 0 Å². The molecule has 0 bridgehead atoms. The highest BCUT2D eigenvalue weighted by Crippen LogP contribution is 2.35. The third-order valence-corrected chi connectivity index (χ3v) is 7.82. The summed E-state index contributed by atoms with van der Waals surface area (Å²) in [5.41, 5.74) is 3.44. The number of para-hydroxylation sites is 1. The first kappa shape index (κ1) is 23.6. The number of nitrogens with zero attached hydrogens (tertiary/aromatic N) is 1. The quantitative estimate of drug-likeness (QED) is 0.246. The van der Waals surface area contributed by atoms with Crippen molar-refractivity contribution < 1.29 is 12.8 Å². The molecule has 5 rings (SSSR count). The molecule has 1 N–H and O–H groups in total. The predicted octanol–water partition coefficient (Wildman–Crippen LogP) is 7.63. The van der Waals surface area contributed by atoms with Gasteiger partial charge in [0.05, 0.1) is 10.6 Å². The van der Waals surface area contributed by atoms with Crippen molar-refractivity contribution in [3.63, 3.8) is 0 Å². The molecule has 176 valence electrons. The third-order valence-electron chi connectivity index (χ3n) is 5.89. The summed E-state index contributed by atoms with van der Waals surface area (Å²) in [5.74, 6) is -0.415. The summed E-state index contributed by atoms with van der Waals surface area (Å²) in [4.78, 5) is 2.79. The summed E-state index contributed by atoms with van der Waals surface area (Å²) in [7, 11) is -4.11. The number of aromatic amines is 1. The van der Waals surface area contributed by atoms with Gasteiger partial charge in [0, 0.05) is 32.6 Å². The van der Waals surface area contributed by atoms with E-state index in [1.54, 1.807) is 12.1 Å². The zero-order valence-corrected chi connectivity index (χ0v) is 20.3. The smallest absolute Gasteiger partial charge is 0.216 e. The Morgan fingerprint density at radius 1 is 0.889 bits per heavy atom. The van der Waals surface area contributed by atoms with Crippen molar-refractivity contribution in [2.75, 3.05) is 0 Å². The highest BCUT2D eigenvalue weighted by atomic mass is 35.5. The van der Waals surface area contributed by atoms with Crippen LogP contribution in [0.5, 0.6) is 0 Å². The van der Waals surface area contributed by atoms with E-state index in [4.69, 9.17) is 11.6 Å². The van der Waals surface area contributed by atoms with Crippen molar-refractivity contribution >= 4 is 38.4 Å². The Morgan fingerprint density at radius 3 is 2.28 bits per heavy atom. The molecule has 1 heterocycles. The van der Waals surface area contributed by atoms with Crippen LogP contribution in [-0.4, -0.2) is 13.4 Å². The lowest BCUT2D eigenvalue weighted by molar-refractivity contribution is 0.603. The van der Waals surface area contributed by atoms with Crippen LogP contribution in [0.15, 0.2) is 107 Å². The van der Waals surface area contributed by atoms with E-state index in [9.17, 15) is 13.7 Å². The first-order chi connectivity index (χ1) is 17.4. The molecule has 7 heteroatoms.